The van der Waals surface area contributed by atoms with E-state index < -0.39 is 0 Å². The summed E-state index contributed by atoms with van der Waals surface area (Å²) in [5.41, 5.74) is 10.2. The van der Waals surface area contributed by atoms with Gasteiger partial charge in [0, 0.05) is 5.69 Å². The summed E-state index contributed by atoms with van der Waals surface area (Å²) in [5, 5.41) is 8.00. The summed E-state index contributed by atoms with van der Waals surface area (Å²) in [6.45, 7) is 6.43. The molecule has 3 heteroatoms. The molecular weight excluding hydrogens is 258 g/mol. The van der Waals surface area contributed by atoms with Crippen molar-refractivity contribution in [3.8, 4) is 0 Å². The number of benzene rings is 2. The largest absolute Gasteiger partial charge is 0.369 e. The van der Waals surface area contributed by atoms with Crippen LogP contribution >= 0.6 is 0 Å². The highest BCUT2D eigenvalue weighted by Gasteiger charge is 2.17. The fourth-order valence-electron chi connectivity index (χ4n) is 2.50. The van der Waals surface area contributed by atoms with Gasteiger partial charge in [0.15, 0.2) is 5.96 Å². The Labute approximate surface area is 126 Å². The molecule has 0 atom stereocenters. The molecule has 0 fully saturated rings. The first-order valence-corrected chi connectivity index (χ1v) is 7.36. The lowest BCUT2D eigenvalue weighted by Crippen LogP contribution is -2.33. The van der Waals surface area contributed by atoms with Crippen LogP contribution in [0.2, 0.25) is 0 Å². The van der Waals surface area contributed by atoms with Crippen molar-refractivity contribution in [2.24, 2.45) is 5.73 Å². The Morgan fingerprint density at radius 3 is 2.48 bits per heavy atom. The minimum Gasteiger partial charge on any atom is -0.369 e. The minimum absolute atomic E-state index is 0.0383. The summed E-state index contributed by atoms with van der Waals surface area (Å²) < 4.78 is 0. The molecule has 2 aromatic carbocycles. The number of rotatable bonds is 4. The number of para-hydroxylation sites is 1. The molecule has 0 saturated heterocycles. The van der Waals surface area contributed by atoms with Crippen molar-refractivity contribution in [2.45, 2.75) is 33.1 Å². The Morgan fingerprint density at radius 2 is 1.86 bits per heavy atom. The zero-order valence-corrected chi connectivity index (χ0v) is 12.9. The second-order valence-corrected chi connectivity index (χ2v) is 5.46. The van der Waals surface area contributed by atoms with Crippen LogP contribution in [0.3, 0.4) is 0 Å². The monoisotopic (exact) mass is 281 g/mol. The molecule has 0 heterocycles. The highest BCUT2D eigenvalue weighted by Crippen LogP contribution is 2.32. The van der Waals surface area contributed by atoms with Crippen LogP contribution in [0.5, 0.6) is 0 Å². The van der Waals surface area contributed by atoms with Gasteiger partial charge in [-0.2, -0.15) is 0 Å². The number of nitrogens with one attached hydrogen (secondary N) is 1. The molecule has 21 heavy (non-hydrogen) atoms. The molecule has 110 valence electrons. The van der Waals surface area contributed by atoms with Crippen LogP contribution in [0.1, 0.15) is 37.8 Å². The third-order valence-corrected chi connectivity index (χ3v) is 3.62. The Balaban J connectivity index is 2.56. The summed E-state index contributed by atoms with van der Waals surface area (Å²) in [4.78, 5) is 1.81. The molecule has 3 N–H and O–H groups in total. The van der Waals surface area contributed by atoms with Crippen LogP contribution in [0, 0.1) is 5.41 Å². The molecule has 0 bridgehead atoms. The van der Waals surface area contributed by atoms with Crippen LogP contribution in [0.4, 0.5) is 11.4 Å². The van der Waals surface area contributed by atoms with Gasteiger partial charge in [0.2, 0.25) is 0 Å². The first-order valence-electron chi connectivity index (χ1n) is 7.36. The molecule has 0 unspecified atom stereocenters. The highest BCUT2D eigenvalue weighted by atomic mass is 15.2. The van der Waals surface area contributed by atoms with E-state index in [0.717, 1.165) is 17.8 Å². The normalized spacial score (nSPS) is 10.7. The molecule has 3 nitrogen and oxygen atoms in total. The molecule has 0 amide bonds. The molecule has 0 radical (unpaired) electrons. The average Bonchev–Trinajstić information content (AvgIpc) is 2.47. The fourth-order valence-corrected chi connectivity index (χ4v) is 2.50. The number of hydrogen-bond acceptors (Lipinski definition) is 1. The Morgan fingerprint density at radius 1 is 1.14 bits per heavy atom. The number of nitrogens with two attached hydrogens (primary N) is 1. The number of nitrogens with zero attached hydrogens (tertiary/aromatic N) is 1. The van der Waals surface area contributed by atoms with Gasteiger partial charge in [0.25, 0.3) is 0 Å². The summed E-state index contributed by atoms with van der Waals surface area (Å²) in [7, 11) is 0. The lowest BCUT2D eigenvalue weighted by molar-refractivity contribution is 0.865. The molecule has 2 aromatic rings. The van der Waals surface area contributed by atoms with Crippen molar-refractivity contribution < 1.29 is 0 Å². The molecule has 0 aliphatic heterocycles. The SMILES string of the molecule is CCc1cccc(N(C(=N)N)c2ccccc2C(C)C)c1. The van der Waals surface area contributed by atoms with E-state index in [1.54, 1.807) is 0 Å². The third-order valence-electron chi connectivity index (χ3n) is 3.62. The average molecular weight is 281 g/mol. The van der Waals surface area contributed by atoms with E-state index in [4.69, 9.17) is 11.1 Å². The van der Waals surface area contributed by atoms with Crippen molar-refractivity contribution >= 4 is 17.3 Å². The number of guanidine groups is 1. The van der Waals surface area contributed by atoms with E-state index in [1.807, 2.05) is 35.2 Å². The van der Waals surface area contributed by atoms with E-state index in [2.05, 4.69) is 39.0 Å². The van der Waals surface area contributed by atoms with Crippen molar-refractivity contribution in [1.29, 1.82) is 5.41 Å². The van der Waals surface area contributed by atoms with Gasteiger partial charge in [-0.3, -0.25) is 10.3 Å². The van der Waals surface area contributed by atoms with Crippen molar-refractivity contribution in [3.63, 3.8) is 0 Å². The predicted molar refractivity (Wildman–Crippen MR) is 90.4 cm³/mol. The van der Waals surface area contributed by atoms with Gasteiger partial charge in [-0.25, -0.2) is 0 Å². The smallest absolute Gasteiger partial charge is 0.197 e. The van der Waals surface area contributed by atoms with Gasteiger partial charge < -0.3 is 5.73 Å². The van der Waals surface area contributed by atoms with E-state index in [0.29, 0.717) is 5.92 Å². The van der Waals surface area contributed by atoms with E-state index in [1.165, 1.54) is 11.1 Å². The lowest BCUT2D eigenvalue weighted by atomic mass is 10.00. The number of anilines is 2. The standard InChI is InChI=1S/C18H23N3/c1-4-14-8-7-9-15(12-14)21(18(19)20)17-11-6-5-10-16(17)13(2)3/h5-13H,4H2,1-3H3,(H3,19,20). The number of aryl methyl sites for hydroxylation is 1. The zero-order valence-electron chi connectivity index (χ0n) is 12.9. The van der Waals surface area contributed by atoms with Crippen LogP contribution in [0.15, 0.2) is 48.5 Å². The molecule has 2 rings (SSSR count). The molecule has 0 aliphatic carbocycles. The topological polar surface area (TPSA) is 53.1 Å². The van der Waals surface area contributed by atoms with Gasteiger partial charge in [-0.05, 0) is 41.7 Å². The van der Waals surface area contributed by atoms with Crippen molar-refractivity contribution in [3.05, 3.63) is 59.7 Å². The Bertz CT molecular complexity index is 632. The minimum atomic E-state index is 0.0383. The highest BCUT2D eigenvalue weighted by molar-refractivity contribution is 6.00. The lowest BCUT2D eigenvalue weighted by Gasteiger charge is -2.27. The zero-order chi connectivity index (χ0) is 15.4. The molecule has 0 spiro atoms. The Kier molecular flexibility index (Phi) is 4.63. The molecule has 0 aromatic heterocycles. The second kappa shape index (κ2) is 6.44. The summed E-state index contributed by atoms with van der Waals surface area (Å²) in [6, 6.07) is 16.3. The number of hydrogen-bond donors (Lipinski definition) is 2. The third kappa shape index (κ3) is 3.24. The maximum Gasteiger partial charge on any atom is 0.197 e. The van der Waals surface area contributed by atoms with Crippen molar-refractivity contribution in [2.75, 3.05) is 4.90 Å². The quantitative estimate of drug-likeness (QED) is 0.644. The summed E-state index contributed by atoms with van der Waals surface area (Å²) in [5.74, 6) is 0.411. The molecular formula is C18H23N3. The fraction of sp³-hybridized carbons (Fsp3) is 0.278. The van der Waals surface area contributed by atoms with Gasteiger partial charge in [-0.1, -0.05) is 51.1 Å². The first kappa shape index (κ1) is 15.1. The molecule has 0 saturated carbocycles. The van der Waals surface area contributed by atoms with Crippen LogP contribution in [0.25, 0.3) is 0 Å². The molecule has 0 aliphatic rings. The van der Waals surface area contributed by atoms with Crippen LogP contribution in [-0.2, 0) is 6.42 Å². The van der Waals surface area contributed by atoms with Crippen LogP contribution < -0.4 is 10.6 Å². The van der Waals surface area contributed by atoms with Gasteiger partial charge in [-0.15, -0.1) is 0 Å². The van der Waals surface area contributed by atoms with Crippen LogP contribution in [-0.4, -0.2) is 5.96 Å². The van der Waals surface area contributed by atoms with Gasteiger partial charge >= 0.3 is 0 Å². The van der Waals surface area contributed by atoms with Gasteiger partial charge in [0.1, 0.15) is 0 Å². The van der Waals surface area contributed by atoms with E-state index in [-0.39, 0.29) is 5.96 Å². The van der Waals surface area contributed by atoms with Gasteiger partial charge in [0.05, 0.1) is 5.69 Å². The Hall–Kier alpha value is -2.29. The second-order valence-electron chi connectivity index (χ2n) is 5.46. The predicted octanol–water partition coefficient (Wildman–Crippen LogP) is 4.40. The maximum absolute atomic E-state index is 8.00. The summed E-state index contributed by atoms with van der Waals surface area (Å²) in [6.07, 6.45) is 0.964. The van der Waals surface area contributed by atoms with E-state index in [9.17, 15) is 0 Å². The summed E-state index contributed by atoms with van der Waals surface area (Å²) >= 11 is 0. The van der Waals surface area contributed by atoms with E-state index >= 15 is 0 Å². The maximum atomic E-state index is 8.00. The first-order chi connectivity index (χ1) is 10.0. The van der Waals surface area contributed by atoms with Crippen molar-refractivity contribution in [1.82, 2.24) is 0 Å².